The number of furan rings is 1. The molecule has 0 aliphatic carbocycles. The van der Waals surface area contributed by atoms with Gasteiger partial charge in [-0.1, -0.05) is 23.2 Å². The van der Waals surface area contributed by atoms with E-state index in [0.717, 1.165) is 0 Å². The number of benzene rings is 1. The zero-order chi connectivity index (χ0) is 22.6. The highest BCUT2D eigenvalue weighted by Crippen LogP contribution is 2.25. The van der Waals surface area contributed by atoms with Crippen LogP contribution in [-0.4, -0.2) is 29.6 Å². The van der Waals surface area contributed by atoms with Crippen LogP contribution in [0.2, 0.25) is 10.0 Å². The summed E-state index contributed by atoms with van der Waals surface area (Å²) in [6.07, 6.45) is 5.80. The Hall–Kier alpha value is -3.47. The number of hydrogen-bond donors (Lipinski definition) is 2. The number of halogens is 2. The Kier molecular flexibility index (Phi) is 6.35. The van der Waals surface area contributed by atoms with Gasteiger partial charge in [-0.2, -0.15) is 5.10 Å². The first-order valence-electron chi connectivity index (χ1n) is 9.01. The number of hydrogen-bond acceptors (Lipinski definition) is 8. The Morgan fingerprint density at radius 2 is 1.75 bits per heavy atom. The second-order valence-corrected chi connectivity index (χ2v) is 8.78. The lowest BCUT2D eigenvalue weighted by atomic mass is 10.2. The van der Waals surface area contributed by atoms with Crippen molar-refractivity contribution >= 4 is 51.2 Å². The molecule has 0 atom stereocenters. The largest absolute Gasteiger partial charge is 0.455 e. The molecule has 9 nitrogen and oxygen atoms in total. The van der Waals surface area contributed by atoms with E-state index in [1.165, 1.54) is 36.9 Å². The third-order valence-electron chi connectivity index (χ3n) is 4.04. The number of anilines is 2. The third-order valence-corrected chi connectivity index (χ3v) is 5.88. The number of nitrogens with one attached hydrogen (secondary N) is 2. The second-order valence-electron chi connectivity index (χ2n) is 6.26. The van der Waals surface area contributed by atoms with Crippen molar-refractivity contribution in [3.05, 3.63) is 82.9 Å². The van der Waals surface area contributed by atoms with Crippen molar-refractivity contribution in [2.75, 3.05) is 10.1 Å². The molecule has 0 aliphatic rings. The van der Waals surface area contributed by atoms with E-state index >= 15 is 0 Å². The van der Waals surface area contributed by atoms with Crippen LogP contribution in [0.4, 0.5) is 11.8 Å². The molecule has 0 radical (unpaired) electrons. The van der Waals surface area contributed by atoms with Gasteiger partial charge in [-0.25, -0.2) is 28.1 Å². The molecule has 12 heteroatoms. The zero-order valence-electron chi connectivity index (χ0n) is 16.1. The average Bonchev–Trinajstić information content (AvgIpc) is 3.25. The molecule has 2 N–H and O–H groups in total. The molecule has 0 amide bonds. The number of rotatable bonds is 7. The molecular formula is C20H14Cl2N6O3S. The van der Waals surface area contributed by atoms with Gasteiger partial charge in [0.05, 0.1) is 21.2 Å². The number of sulfonamides is 1. The summed E-state index contributed by atoms with van der Waals surface area (Å²) in [4.78, 5) is 11.8. The smallest absolute Gasteiger partial charge is 0.264 e. The molecule has 32 heavy (non-hydrogen) atoms. The number of pyridine rings is 1. The fraction of sp³-hybridized carbons (Fsp3) is 0. The van der Waals surface area contributed by atoms with E-state index in [9.17, 15) is 8.42 Å². The molecule has 3 aromatic heterocycles. The Morgan fingerprint density at radius 1 is 1.00 bits per heavy atom. The summed E-state index contributed by atoms with van der Waals surface area (Å²) in [5, 5.41) is 4.79. The highest BCUT2D eigenvalue weighted by Gasteiger charge is 2.16. The van der Waals surface area contributed by atoms with Gasteiger partial charge in [-0.05, 0) is 48.5 Å². The van der Waals surface area contributed by atoms with E-state index in [1.807, 2.05) is 0 Å². The molecule has 162 valence electrons. The lowest BCUT2D eigenvalue weighted by Gasteiger charge is -2.06. The highest BCUT2D eigenvalue weighted by molar-refractivity contribution is 7.92. The maximum Gasteiger partial charge on any atom is 0.264 e. The van der Waals surface area contributed by atoms with Crippen LogP contribution >= 0.6 is 23.2 Å². The topological polar surface area (TPSA) is 122 Å². The SMILES string of the molecule is O=S(=O)(Nc1ncccn1)c1ccc(-c2ccc(C=NNc3ncc(Cl)cc3Cl)o2)cc1. The van der Waals surface area contributed by atoms with Crippen molar-refractivity contribution in [1.82, 2.24) is 15.0 Å². The Balaban J connectivity index is 1.44. The predicted molar refractivity (Wildman–Crippen MR) is 122 cm³/mol. The number of aromatic nitrogens is 3. The lowest BCUT2D eigenvalue weighted by molar-refractivity contribution is 0.575. The zero-order valence-corrected chi connectivity index (χ0v) is 18.4. The summed E-state index contributed by atoms with van der Waals surface area (Å²) in [6, 6.07) is 12.8. The van der Waals surface area contributed by atoms with Crippen molar-refractivity contribution in [3.8, 4) is 11.3 Å². The fourth-order valence-corrected chi connectivity index (χ4v) is 3.94. The standard InChI is InChI=1S/C20H14Cl2N6O3S/c21-14-10-17(22)19(25-11-14)27-26-12-15-4-7-18(31-15)13-2-5-16(6-3-13)32(29,30)28-20-23-8-1-9-24-20/h1-12H,(H,25,27)(H,23,24,28). The normalized spacial score (nSPS) is 11.6. The molecule has 4 aromatic rings. The summed E-state index contributed by atoms with van der Waals surface area (Å²) < 4.78 is 33.0. The van der Waals surface area contributed by atoms with Crippen LogP contribution in [0.3, 0.4) is 0 Å². The summed E-state index contributed by atoms with van der Waals surface area (Å²) in [5.74, 6) is 1.36. The average molecular weight is 489 g/mol. The summed E-state index contributed by atoms with van der Waals surface area (Å²) in [6.45, 7) is 0. The predicted octanol–water partition coefficient (Wildman–Crippen LogP) is 4.69. The van der Waals surface area contributed by atoms with Gasteiger partial charge in [0, 0.05) is 24.2 Å². The van der Waals surface area contributed by atoms with Crippen LogP contribution < -0.4 is 10.1 Å². The quantitative estimate of drug-likeness (QED) is 0.285. The first kappa shape index (κ1) is 21.8. The van der Waals surface area contributed by atoms with Gasteiger partial charge in [-0.3, -0.25) is 5.43 Å². The minimum absolute atomic E-state index is 0.00441. The minimum atomic E-state index is -3.81. The van der Waals surface area contributed by atoms with Crippen LogP contribution in [-0.2, 0) is 10.0 Å². The van der Waals surface area contributed by atoms with Gasteiger partial charge in [0.2, 0.25) is 5.95 Å². The lowest BCUT2D eigenvalue weighted by Crippen LogP contribution is -2.14. The van der Waals surface area contributed by atoms with Gasteiger partial charge >= 0.3 is 0 Å². The fourth-order valence-electron chi connectivity index (χ4n) is 2.56. The second kappa shape index (κ2) is 9.35. The summed E-state index contributed by atoms with van der Waals surface area (Å²) >= 11 is 11.8. The van der Waals surface area contributed by atoms with E-state index < -0.39 is 10.0 Å². The highest BCUT2D eigenvalue weighted by atomic mass is 35.5. The van der Waals surface area contributed by atoms with E-state index in [4.69, 9.17) is 27.6 Å². The van der Waals surface area contributed by atoms with Crippen LogP contribution in [0, 0.1) is 0 Å². The van der Waals surface area contributed by atoms with Gasteiger partial charge in [0.1, 0.15) is 11.5 Å². The number of hydrazone groups is 1. The maximum absolute atomic E-state index is 12.5. The molecule has 1 aromatic carbocycles. The summed E-state index contributed by atoms with van der Waals surface area (Å²) in [7, 11) is -3.81. The first-order valence-corrected chi connectivity index (χ1v) is 11.2. The Labute approximate surface area is 193 Å². The molecule has 0 saturated carbocycles. The van der Waals surface area contributed by atoms with Crippen molar-refractivity contribution in [2.45, 2.75) is 4.90 Å². The molecule has 4 rings (SSSR count). The first-order chi connectivity index (χ1) is 15.4. The van der Waals surface area contributed by atoms with Gasteiger partial charge < -0.3 is 4.42 Å². The minimum Gasteiger partial charge on any atom is -0.455 e. The van der Waals surface area contributed by atoms with Gasteiger partial charge in [0.25, 0.3) is 10.0 Å². The van der Waals surface area contributed by atoms with Crippen LogP contribution in [0.5, 0.6) is 0 Å². The molecule has 0 aliphatic heterocycles. The van der Waals surface area contributed by atoms with E-state index in [-0.39, 0.29) is 10.8 Å². The molecule has 0 bridgehead atoms. The molecule has 0 unspecified atom stereocenters. The molecular weight excluding hydrogens is 475 g/mol. The van der Waals surface area contributed by atoms with Crippen LogP contribution in [0.15, 0.2) is 81.5 Å². The van der Waals surface area contributed by atoms with Crippen LogP contribution in [0.25, 0.3) is 11.3 Å². The maximum atomic E-state index is 12.5. The van der Waals surface area contributed by atoms with Gasteiger partial charge in [0.15, 0.2) is 5.82 Å². The van der Waals surface area contributed by atoms with Crippen molar-refractivity contribution in [3.63, 3.8) is 0 Å². The molecule has 0 spiro atoms. The van der Waals surface area contributed by atoms with E-state index in [0.29, 0.717) is 32.9 Å². The van der Waals surface area contributed by atoms with Crippen LogP contribution in [0.1, 0.15) is 5.76 Å². The Bertz CT molecular complexity index is 1360. The monoisotopic (exact) mass is 488 g/mol. The summed E-state index contributed by atoms with van der Waals surface area (Å²) in [5.41, 5.74) is 3.40. The van der Waals surface area contributed by atoms with Crippen molar-refractivity contribution in [1.29, 1.82) is 0 Å². The Morgan fingerprint density at radius 3 is 2.47 bits per heavy atom. The van der Waals surface area contributed by atoms with E-state index in [1.54, 1.807) is 36.4 Å². The molecule has 0 fully saturated rings. The van der Waals surface area contributed by atoms with Gasteiger partial charge in [-0.15, -0.1) is 0 Å². The third kappa shape index (κ3) is 5.22. The molecule has 0 saturated heterocycles. The van der Waals surface area contributed by atoms with E-state index in [2.05, 4.69) is 30.2 Å². The number of nitrogens with zero attached hydrogens (tertiary/aromatic N) is 4. The van der Waals surface area contributed by atoms with Crippen molar-refractivity contribution in [2.24, 2.45) is 5.10 Å². The molecule has 3 heterocycles. The van der Waals surface area contributed by atoms with Crippen molar-refractivity contribution < 1.29 is 12.8 Å².